The lowest BCUT2D eigenvalue weighted by Gasteiger charge is -2.36. The Hall–Kier alpha value is 0.230. The van der Waals surface area contributed by atoms with Crippen molar-refractivity contribution in [2.24, 2.45) is 0 Å². The van der Waals surface area contributed by atoms with Gasteiger partial charge in [-0.15, -0.1) is 0 Å². The van der Waals surface area contributed by atoms with Crippen LogP contribution >= 0.6 is 8.53 Å². The quantitative estimate of drug-likeness (QED) is 0.742. The monoisotopic (exact) mass is 319 g/mol. The molecule has 0 spiro atoms. The maximum Gasteiger partial charge on any atom is 0.259 e. The number of nitrogens with zero attached hydrogens (tertiary/aromatic N) is 1. The summed E-state index contributed by atoms with van der Waals surface area (Å²) in [5.74, 6) is -0.605. The van der Waals surface area contributed by atoms with Crippen LogP contribution in [0.5, 0.6) is 0 Å². The molecular formula is C15H30NO4P. The van der Waals surface area contributed by atoms with Gasteiger partial charge in [-0.25, -0.2) is 4.67 Å². The fourth-order valence-electron chi connectivity index (χ4n) is 2.87. The highest BCUT2D eigenvalue weighted by Crippen LogP contribution is 2.57. The highest BCUT2D eigenvalue weighted by molar-refractivity contribution is 7.44. The molecule has 6 heteroatoms. The van der Waals surface area contributed by atoms with E-state index in [1.54, 1.807) is 0 Å². The molecule has 124 valence electrons. The average Bonchev–Trinajstić information content (AvgIpc) is 2.64. The Kier molecular flexibility index (Phi) is 4.77. The zero-order chi connectivity index (χ0) is 16.1. The number of rotatable bonds is 3. The zero-order valence-corrected chi connectivity index (χ0v) is 15.5. The SMILES string of the molecule is CCN(CC)P1OC(C)(C)[C@@H]2OC(C)(C)O[C@H]2C(C)(C)O1. The molecule has 0 bridgehead atoms. The lowest BCUT2D eigenvalue weighted by molar-refractivity contribution is -0.174. The molecule has 0 aliphatic carbocycles. The Morgan fingerprint density at radius 2 is 1.19 bits per heavy atom. The summed E-state index contributed by atoms with van der Waals surface area (Å²) < 4.78 is 27.2. The second-order valence-corrected chi connectivity index (χ2v) is 8.65. The molecular weight excluding hydrogens is 289 g/mol. The summed E-state index contributed by atoms with van der Waals surface area (Å²) in [5, 5.41) is 0. The fraction of sp³-hybridized carbons (Fsp3) is 1.00. The topological polar surface area (TPSA) is 40.2 Å². The fourth-order valence-corrected chi connectivity index (χ4v) is 4.61. The summed E-state index contributed by atoms with van der Waals surface area (Å²) in [5.41, 5.74) is -0.916. The van der Waals surface area contributed by atoms with E-state index in [-0.39, 0.29) is 12.2 Å². The first-order chi connectivity index (χ1) is 9.52. The first-order valence-electron chi connectivity index (χ1n) is 7.81. The van der Waals surface area contributed by atoms with E-state index >= 15 is 0 Å². The standard InChI is InChI=1S/C15H30NO4P/c1-9-16(10-2)21-19-13(3,4)11-12(14(5,6)20-21)18-15(7,8)17-11/h11-12H,9-10H2,1-8H3/t11-,12-/m1/s1. The molecule has 0 aromatic rings. The third-order valence-corrected chi connectivity index (χ3v) is 6.34. The molecule has 2 heterocycles. The van der Waals surface area contributed by atoms with Crippen LogP contribution in [0.4, 0.5) is 0 Å². The Morgan fingerprint density at radius 1 is 0.810 bits per heavy atom. The van der Waals surface area contributed by atoms with Gasteiger partial charge in [-0.2, -0.15) is 0 Å². The van der Waals surface area contributed by atoms with Crippen LogP contribution in [-0.2, 0) is 18.5 Å². The molecule has 0 N–H and O–H groups in total. The minimum Gasteiger partial charge on any atom is -0.341 e. The molecule has 2 rings (SSSR count). The van der Waals surface area contributed by atoms with Crippen molar-refractivity contribution in [3.63, 3.8) is 0 Å². The van der Waals surface area contributed by atoms with Crippen LogP contribution in [-0.4, -0.2) is 47.0 Å². The number of hydrogen-bond acceptors (Lipinski definition) is 5. The Labute approximate surface area is 130 Å². The molecule has 2 aliphatic heterocycles. The van der Waals surface area contributed by atoms with Crippen molar-refractivity contribution >= 4 is 8.53 Å². The Balaban J connectivity index is 2.33. The minimum atomic E-state index is -1.12. The van der Waals surface area contributed by atoms with Gasteiger partial charge >= 0.3 is 0 Å². The summed E-state index contributed by atoms with van der Waals surface area (Å²) in [6.45, 7) is 18.2. The predicted molar refractivity (Wildman–Crippen MR) is 84.0 cm³/mol. The minimum absolute atomic E-state index is 0.148. The van der Waals surface area contributed by atoms with Gasteiger partial charge in [-0.3, -0.25) is 0 Å². The van der Waals surface area contributed by atoms with E-state index in [4.69, 9.17) is 18.5 Å². The van der Waals surface area contributed by atoms with Gasteiger partial charge in [-0.05, 0) is 41.5 Å². The second-order valence-electron chi connectivity index (χ2n) is 7.24. The summed E-state index contributed by atoms with van der Waals surface area (Å²) in [6, 6.07) is 0. The predicted octanol–water partition coefficient (Wildman–Crippen LogP) is 3.68. The molecule has 0 saturated carbocycles. The third kappa shape index (κ3) is 3.44. The number of ether oxygens (including phenoxy) is 2. The molecule has 2 aliphatic rings. The number of hydrogen-bond donors (Lipinski definition) is 0. The van der Waals surface area contributed by atoms with Crippen LogP contribution in [0.2, 0.25) is 0 Å². The first kappa shape index (κ1) is 17.6. The van der Waals surface area contributed by atoms with Gasteiger partial charge in [0.1, 0.15) is 12.2 Å². The van der Waals surface area contributed by atoms with Crippen LogP contribution in [0.25, 0.3) is 0 Å². The summed E-state index contributed by atoms with van der Waals surface area (Å²) in [6.07, 6.45) is -0.295. The molecule has 0 amide bonds. The van der Waals surface area contributed by atoms with E-state index in [1.165, 1.54) is 0 Å². The van der Waals surface area contributed by atoms with Crippen LogP contribution in [0, 0.1) is 0 Å². The van der Waals surface area contributed by atoms with Crippen molar-refractivity contribution in [2.45, 2.75) is 84.6 Å². The molecule has 0 unspecified atom stereocenters. The van der Waals surface area contributed by atoms with Crippen molar-refractivity contribution in [1.82, 2.24) is 4.67 Å². The van der Waals surface area contributed by atoms with E-state index in [1.807, 2.05) is 13.8 Å². The van der Waals surface area contributed by atoms with Crippen molar-refractivity contribution in [2.75, 3.05) is 13.1 Å². The van der Waals surface area contributed by atoms with Gasteiger partial charge < -0.3 is 18.5 Å². The van der Waals surface area contributed by atoms with E-state index < -0.39 is 25.5 Å². The van der Waals surface area contributed by atoms with E-state index in [0.717, 1.165) is 13.1 Å². The van der Waals surface area contributed by atoms with Crippen LogP contribution in [0.3, 0.4) is 0 Å². The second kappa shape index (κ2) is 5.70. The van der Waals surface area contributed by atoms with Gasteiger partial charge in [-0.1, -0.05) is 13.8 Å². The Morgan fingerprint density at radius 3 is 1.52 bits per heavy atom. The van der Waals surface area contributed by atoms with Gasteiger partial charge in [0, 0.05) is 13.1 Å². The van der Waals surface area contributed by atoms with Crippen LogP contribution < -0.4 is 0 Å². The maximum absolute atomic E-state index is 6.35. The lowest BCUT2D eigenvalue weighted by atomic mass is 9.88. The van der Waals surface area contributed by atoms with Crippen molar-refractivity contribution in [3.8, 4) is 0 Å². The van der Waals surface area contributed by atoms with Crippen molar-refractivity contribution < 1.29 is 18.5 Å². The smallest absolute Gasteiger partial charge is 0.259 e. The maximum atomic E-state index is 6.35. The number of fused-ring (bicyclic) bond motifs is 1. The van der Waals surface area contributed by atoms with Gasteiger partial charge in [0.05, 0.1) is 11.2 Å². The largest absolute Gasteiger partial charge is 0.341 e. The van der Waals surface area contributed by atoms with Crippen LogP contribution in [0.1, 0.15) is 55.4 Å². The average molecular weight is 319 g/mol. The lowest BCUT2D eigenvalue weighted by Crippen LogP contribution is -2.50. The molecule has 2 atom stereocenters. The van der Waals surface area contributed by atoms with E-state index in [9.17, 15) is 0 Å². The van der Waals surface area contributed by atoms with Gasteiger partial charge in [0.2, 0.25) is 0 Å². The summed E-state index contributed by atoms with van der Waals surface area (Å²) >= 11 is 0. The summed E-state index contributed by atoms with van der Waals surface area (Å²) in [4.78, 5) is 0. The molecule has 0 radical (unpaired) electrons. The molecule has 21 heavy (non-hydrogen) atoms. The zero-order valence-electron chi connectivity index (χ0n) is 14.6. The van der Waals surface area contributed by atoms with E-state index in [2.05, 4.69) is 46.2 Å². The normalized spacial score (nSPS) is 34.7. The first-order valence-corrected chi connectivity index (χ1v) is 8.94. The van der Waals surface area contributed by atoms with Crippen LogP contribution in [0.15, 0.2) is 0 Å². The highest BCUT2D eigenvalue weighted by Gasteiger charge is 2.59. The highest BCUT2D eigenvalue weighted by atomic mass is 31.2. The van der Waals surface area contributed by atoms with E-state index in [0.29, 0.717) is 0 Å². The van der Waals surface area contributed by atoms with Gasteiger partial charge in [0.25, 0.3) is 8.53 Å². The summed E-state index contributed by atoms with van der Waals surface area (Å²) in [7, 11) is -1.12. The molecule has 0 aromatic heterocycles. The van der Waals surface area contributed by atoms with Crippen molar-refractivity contribution in [1.29, 1.82) is 0 Å². The van der Waals surface area contributed by atoms with Crippen molar-refractivity contribution in [3.05, 3.63) is 0 Å². The molecule has 5 nitrogen and oxygen atoms in total. The Bertz CT molecular complexity index is 354. The molecule has 0 aromatic carbocycles. The molecule has 2 fully saturated rings. The molecule has 2 saturated heterocycles. The van der Waals surface area contributed by atoms with Gasteiger partial charge in [0.15, 0.2) is 5.79 Å². The third-order valence-electron chi connectivity index (χ3n) is 4.05.